The first-order chi connectivity index (χ1) is 9.14. The lowest BCUT2D eigenvalue weighted by Crippen LogP contribution is -2.29. The molecule has 0 aliphatic carbocycles. The highest BCUT2D eigenvalue weighted by molar-refractivity contribution is 7.89. The number of nitrogens with two attached hydrogens (primary N) is 1. The zero-order chi connectivity index (χ0) is 15.4. The van der Waals surface area contributed by atoms with Crippen LogP contribution < -0.4 is 15.8 Å². The molecule has 1 heterocycles. The van der Waals surface area contributed by atoms with Gasteiger partial charge in [-0.2, -0.15) is 18.2 Å². The van der Waals surface area contributed by atoms with E-state index in [1.165, 1.54) is 0 Å². The van der Waals surface area contributed by atoms with E-state index in [-0.39, 0.29) is 24.7 Å². The number of anilines is 2. The molecule has 0 unspecified atom stereocenters. The van der Waals surface area contributed by atoms with Crippen LogP contribution >= 0.6 is 0 Å². The van der Waals surface area contributed by atoms with E-state index in [1.54, 1.807) is 6.92 Å². The monoisotopic (exact) mass is 313 g/mol. The maximum Gasteiger partial charge on any atom is 0.433 e. The molecule has 0 saturated heterocycles. The summed E-state index contributed by atoms with van der Waals surface area (Å²) < 4.78 is 62.3. The molecule has 0 atom stereocenters. The molecule has 4 N–H and O–H groups in total. The van der Waals surface area contributed by atoms with Crippen molar-refractivity contribution in [2.45, 2.75) is 13.1 Å². The lowest BCUT2D eigenvalue weighted by molar-refractivity contribution is -0.141. The second-order valence-electron chi connectivity index (χ2n) is 3.74. The van der Waals surface area contributed by atoms with Crippen molar-refractivity contribution in [1.29, 1.82) is 0 Å². The van der Waals surface area contributed by atoms with E-state index in [1.807, 2.05) is 0 Å². The summed E-state index contributed by atoms with van der Waals surface area (Å²) in [5, 5.41) is 2.46. The van der Waals surface area contributed by atoms with Crippen LogP contribution in [0.25, 0.3) is 0 Å². The van der Waals surface area contributed by atoms with Gasteiger partial charge in [0, 0.05) is 19.2 Å². The van der Waals surface area contributed by atoms with Crippen LogP contribution in [0.4, 0.5) is 24.9 Å². The number of rotatable bonds is 6. The molecule has 20 heavy (non-hydrogen) atoms. The molecule has 0 aliphatic rings. The number of hydrogen-bond donors (Lipinski definition) is 3. The Morgan fingerprint density at radius 3 is 2.55 bits per heavy atom. The zero-order valence-corrected chi connectivity index (χ0v) is 11.3. The molecular formula is C9H14F3N5O2S. The normalized spacial score (nSPS) is 12.4. The molecule has 0 aromatic carbocycles. The summed E-state index contributed by atoms with van der Waals surface area (Å²) in [7, 11) is -3.46. The molecule has 0 spiro atoms. The highest BCUT2D eigenvalue weighted by atomic mass is 32.2. The van der Waals surface area contributed by atoms with Crippen LogP contribution in [0.3, 0.4) is 0 Å². The summed E-state index contributed by atoms with van der Waals surface area (Å²) >= 11 is 0. The predicted molar refractivity (Wildman–Crippen MR) is 67.4 cm³/mol. The van der Waals surface area contributed by atoms with Crippen LogP contribution in [-0.2, 0) is 16.2 Å². The summed E-state index contributed by atoms with van der Waals surface area (Å²) in [5.41, 5.74) is 3.98. The fraction of sp³-hybridized carbons (Fsp3) is 0.556. The summed E-state index contributed by atoms with van der Waals surface area (Å²) in [4.78, 5) is 6.62. The Morgan fingerprint density at radius 1 is 1.35 bits per heavy atom. The Kier molecular flexibility index (Phi) is 5.11. The van der Waals surface area contributed by atoms with Crippen LogP contribution in [-0.4, -0.2) is 37.2 Å². The summed E-state index contributed by atoms with van der Waals surface area (Å²) in [6.45, 7) is 1.75. The van der Waals surface area contributed by atoms with Crippen LogP contribution in [0.5, 0.6) is 0 Å². The third-order valence-electron chi connectivity index (χ3n) is 2.08. The molecule has 0 fully saturated rings. The van der Waals surface area contributed by atoms with E-state index in [2.05, 4.69) is 20.0 Å². The van der Waals surface area contributed by atoms with E-state index < -0.39 is 27.8 Å². The van der Waals surface area contributed by atoms with E-state index in [0.717, 1.165) is 0 Å². The van der Waals surface area contributed by atoms with Crippen molar-refractivity contribution in [3.63, 3.8) is 0 Å². The molecule has 0 aliphatic heterocycles. The maximum atomic E-state index is 12.5. The Balaban J connectivity index is 2.72. The van der Waals surface area contributed by atoms with E-state index >= 15 is 0 Å². The van der Waals surface area contributed by atoms with Crippen molar-refractivity contribution >= 4 is 21.8 Å². The van der Waals surface area contributed by atoms with Gasteiger partial charge in [0.15, 0.2) is 5.69 Å². The van der Waals surface area contributed by atoms with Crippen LogP contribution in [0.1, 0.15) is 12.6 Å². The smallest absolute Gasteiger partial charge is 0.369 e. The predicted octanol–water partition coefficient (Wildman–Crippen LogP) is 0.429. The van der Waals surface area contributed by atoms with Crippen molar-refractivity contribution in [2.24, 2.45) is 0 Å². The van der Waals surface area contributed by atoms with Gasteiger partial charge >= 0.3 is 6.18 Å². The molecule has 1 aromatic heterocycles. The Bertz CT molecular complexity index is 561. The van der Waals surface area contributed by atoms with E-state index in [4.69, 9.17) is 5.73 Å². The quantitative estimate of drug-likeness (QED) is 0.702. The van der Waals surface area contributed by atoms with Crippen molar-refractivity contribution in [2.75, 3.05) is 29.9 Å². The lowest BCUT2D eigenvalue weighted by atomic mass is 10.4. The molecule has 0 radical (unpaired) electrons. The first kappa shape index (κ1) is 16.4. The highest BCUT2D eigenvalue weighted by Gasteiger charge is 2.33. The van der Waals surface area contributed by atoms with Crippen molar-refractivity contribution in [3.8, 4) is 0 Å². The van der Waals surface area contributed by atoms with E-state index in [9.17, 15) is 21.6 Å². The third-order valence-corrected chi connectivity index (χ3v) is 3.55. The van der Waals surface area contributed by atoms with Gasteiger partial charge in [0.25, 0.3) is 0 Å². The number of aromatic nitrogens is 2. The topological polar surface area (TPSA) is 110 Å². The van der Waals surface area contributed by atoms with Gasteiger partial charge in [-0.1, -0.05) is 6.92 Å². The summed E-state index contributed by atoms with van der Waals surface area (Å²) in [6.07, 6.45) is -4.65. The van der Waals surface area contributed by atoms with Crippen molar-refractivity contribution in [1.82, 2.24) is 14.7 Å². The van der Waals surface area contributed by atoms with Gasteiger partial charge < -0.3 is 11.1 Å². The van der Waals surface area contributed by atoms with Crippen molar-refractivity contribution in [3.05, 3.63) is 11.8 Å². The first-order valence-corrected chi connectivity index (χ1v) is 7.22. The van der Waals surface area contributed by atoms with Gasteiger partial charge in [0.1, 0.15) is 5.82 Å². The number of nitrogens with one attached hydrogen (secondary N) is 2. The second kappa shape index (κ2) is 6.22. The minimum absolute atomic E-state index is 0.108. The number of hydrogen-bond acceptors (Lipinski definition) is 6. The highest BCUT2D eigenvalue weighted by Crippen LogP contribution is 2.29. The minimum atomic E-state index is -4.65. The van der Waals surface area contributed by atoms with Crippen LogP contribution in [0, 0.1) is 0 Å². The third kappa shape index (κ3) is 5.17. The average molecular weight is 313 g/mol. The van der Waals surface area contributed by atoms with E-state index in [0.29, 0.717) is 6.07 Å². The number of alkyl halides is 3. The second-order valence-corrected chi connectivity index (χ2v) is 5.66. The molecule has 0 bridgehead atoms. The molecule has 0 saturated carbocycles. The maximum absolute atomic E-state index is 12.5. The molecule has 7 nitrogen and oxygen atoms in total. The molecular weight excluding hydrogens is 299 g/mol. The Hall–Kier alpha value is -1.62. The molecule has 1 aromatic rings. The summed E-state index contributed by atoms with van der Waals surface area (Å²) in [5.74, 6) is -1.03. The van der Waals surface area contributed by atoms with Gasteiger partial charge in [-0.15, -0.1) is 0 Å². The fourth-order valence-electron chi connectivity index (χ4n) is 1.31. The number of nitrogens with zero attached hydrogens (tertiary/aromatic N) is 2. The van der Waals surface area contributed by atoms with Crippen LogP contribution in [0.15, 0.2) is 6.07 Å². The van der Waals surface area contributed by atoms with Gasteiger partial charge in [0.2, 0.25) is 16.0 Å². The average Bonchev–Trinajstić information content (AvgIpc) is 2.26. The van der Waals surface area contributed by atoms with Gasteiger partial charge in [-0.05, 0) is 0 Å². The number of nitrogen functional groups attached to an aromatic ring is 1. The lowest BCUT2D eigenvalue weighted by Gasteiger charge is -2.10. The SMILES string of the molecule is CCNS(=O)(=O)CCNc1cc(C(F)(F)F)nc(N)n1. The first-order valence-electron chi connectivity index (χ1n) is 5.57. The van der Waals surface area contributed by atoms with Crippen LogP contribution in [0.2, 0.25) is 0 Å². The van der Waals surface area contributed by atoms with Gasteiger partial charge in [-0.25, -0.2) is 18.1 Å². The largest absolute Gasteiger partial charge is 0.433 e. The van der Waals surface area contributed by atoms with Crippen molar-refractivity contribution < 1.29 is 21.6 Å². The Morgan fingerprint density at radius 2 is 2.00 bits per heavy atom. The number of halogens is 3. The summed E-state index contributed by atoms with van der Waals surface area (Å²) in [6, 6.07) is 0.663. The minimum Gasteiger partial charge on any atom is -0.369 e. The fourth-order valence-corrected chi connectivity index (χ4v) is 2.26. The van der Waals surface area contributed by atoms with Gasteiger partial charge in [0.05, 0.1) is 5.75 Å². The zero-order valence-electron chi connectivity index (χ0n) is 10.5. The standard InChI is InChI=1S/C9H14F3N5O2S/c1-2-15-20(18,19)4-3-14-7-5-6(9(10,11)12)16-8(13)17-7/h5,15H,2-4H2,1H3,(H3,13,14,16,17). The molecule has 0 amide bonds. The number of sulfonamides is 1. The molecule has 1 rings (SSSR count). The molecule has 114 valence electrons. The Labute approximate surface area is 113 Å². The van der Waals surface area contributed by atoms with Gasteiger partial charge in [-0.3, -0.25) is 0 Å². The molecule has 11 heteroatoms.